The molecule has 5 nitrogen and oxygen atoms in total. The molecule has 0 aliphatic rings. The Balaban J connectivity index is 2.21. The van der Waals surface area contributed by atoms with Crippen molar-refractivity contribution in [1.29, 1.82) is 0 Å². The van der Waals surface area contributed by atoms with E-state index in [4.69, 9.17) is 5.73 Å². The molecule has 0 aromatic carbocycles. The lowest BCUT2D eigenvalue weighted by atomic mass is 10.2. The first-order valence-electron chi connectivity index (χ1n) is 5.63. The molecule has 6 heteroatoms. The first-order valence-corrected chi connectivity index (χ1v) is 6.51. The molecule has 2 aromatic heterocycles. The highest BCUT2D eigenvalue weighted by Crippen LogP contribution is 2.25. The van der Waals surface area contributed by atoms with Crippen LogP contribution in [0.2, 0.25) is 0 Å². The average molecular weight is 264 g/mol. The summed E-state index contributed by atoms with van der Waals surface area (Å²) in [6.45, 7) is 3.78. The molecule has 0 radical (unpaired) electrons. The minimum Gasteiger partial charge on any atom is -0.395 e. The van der Waals surface area contributed by atoms with Gasteiger partial charge < -0.3 is 10.6 Å². The first-order chi connectivity index (χ1) is 8.52. The Labute approximate surface area is 110 Å². The van der Waals surface area contributed by atoms with E-state index >= 15 is 0 Å². The summed E-state index contributed by atoms with van der Waals surface area (Å²) in [7, 11) is 1.76. The van der Waals surface area contributed by atoms with Crippen LogP contribution >= 0.6 is 11.3 Å². The molecule has 18 heavy (non-hydrogen) atoms. The van der Waals surface area contributed by atoms with Crippen molar-refractivity contribution >= 4 is 22.9 Å². The zero-order valence-electron chi connectivity index (χ0n) is 10.6. The van der Waals surface area contributed by atoms with Crippen molar-refractivity contribution in [1.82, 2.24) is 15.1 Å². The van der Waals surface area contributed by atoms with Crippen molar-refractivity contribution in [3.8, 4) is 0 Å². The van der Waals surface area contributed by atoms with Gasteiger partial charge in [-0.3, -0.25) is 9.89 Å². The summed E-state index contributed by atoms with van der Waals surface area (Å²) in [5.41, 5.74) is 7.25. The van der Waals surface area contributed by atoms with Gasteiger partial charge in [-0.25, -0.2) is 0 Å². The average Bonchev–Trinajstić information content (AvgIpc) is 2.99. The van der Waals surface area contributed by atoms with Gasteiger partial charge in [0.1, 0.15) is 0 Å². The normalized spacial score (nSPS) is 12.4. The van der Waals surface area contributed by atoms with Crippen LogP contribution in [-0.4, -0.2) is 28.1 Å². The van der Waals surface area contributed by atoms with E-state index in [1.165, 1.54) is 0 Å². The lowest BCUT2D eigenvalue weighted by Gasteiger charge is -2.23. The molecule has 1 unspecified atom stereocenters. The number of aromatic amines is 1. The maximum atomic E-state index is 12.3. The molecule has 0 aliphatic carbocycles. The Morgan fingerprint density at radius 3 is 2.83 bits per heavy atom. The smallest absolute Gasteiger partial charge is 0.276 e. The maximum Gasteiger partial charge on any atom is 0.276 e. The van der Waals surface area contributed by atoms with Crippen LogP contribution in [0.3, 0.4) is 0 Å². The highest BCUT2D eigenvalue weighted by molar-refractivity contribution is 7.10. The summed E-state index contributed by atoms with van der Waals surface area (Å²) in [4.78, 5) is 15.1. The number of thiophene rings is 1. The topological polar surface area (TPSA) is 75.0 Å². The lowest BCUT2D eigenvalue weighted by Crippen LogP contribution is -2.30. The van der Waals surface area contributed by atoms with Crippen molar-refractivity contribution in [2.75, 3.05) is 12.8 Å². The highest BCUT2D eigenvalue weighted by Gasteiger charge is 2.24. The number of H-pyrrole nitrogens is 1. The van der Waals surface area contributed by atoms with E-state index in [-0.39, 0.29) is 11.9 Å². The quantitative estimate of drug-likeness (QED) is 0.892. The second-order valence-electron chi connectivity index (χ2n) is 4.22. The summed E-state index contributed by atoms with van der Waals surface area (Å²) in [5.74, 6) is -0.169. The van der Waals surface area contributed by atoms with Gasteiger partial charge in [0.15, 0.2) is 5.69 Å². The van der Waals surface area contributed by atoms with Gasteiger partial charge in [-0.1, -0.05) is 6.07 Å². The first kappa shape index (κ1) is 12.6. The molecular formula is C12H16N4OS. The number of amides is 1. The van der Waals surface area contributed by atoms with E-state index in [9.17, 15) is 4.79 Å². The molecule has 0 fully saturated rings. The van der Waals surface area contributed by atoms with Crippen molar-refractivity contribution < 1.29 is 4.79 Å². The zero-order valence-corrected chi connectivity index (χ0v) is 11.4. The molecule has 0 spiro atoms. The number of hydrogen-bond acceptors (Lipinski definition) is 4. The maximum absolute atomic E-state index is 12.3. The third-order valence-corrected chi connectivity index (χ3v) is 4.10. The van der Waals surface area contributed by atoms with Gasteiger partial charge in [-0.05, 0) is 25.3 Å². The highest BCUT2D eigenvalue weighted by atomic mass is 32.1. The second-order valence-corrected chi connectivity index (χ2v) is 5.20. The summed E-state index contributed by atoms with van der Waals surface area (Å²) in [6, 6.07) is 3.99. The largest absolute Gasteiger partial charge is 0.395 e. The van der Waals surface area contributed by atoms with Crippen LogP contribution in [0.25, 0.3) is 0 Å². The van der Waals surface area contributed by atoms with Crippen LogP contribution < -0.4 is 5.73 Å². The Hall–Kier alpha value is -1.82. The number of anilines is 1. The predicted molar refractivity (Wildman–Crippen MR) is 72.6 cm³/mol. The van der Waals surface area contributed by atoms with Crippen molar-refractivity contribution in [2.45, 2.75) is 19.9 Å². The van der Waals surface area contributed by atoms with E-state index < -0.39 is 0 Å². The number of hydrogen-bond donors (Lipinski definition) is 2. The molecule has 96 valence electrons. The fraction of sp³-hybridized carbons (Fsp3) is 0.333. The van der Waals surface area contributed by atoms with E-state index in [1.807, 2.05) is 24.4 Å². The fourth-order valence-corrected chi connectivity index (χ4v) is 2.49. The number of aromatic nitrogens is 2. The second kappa shape index (κ2) is 4.81. The molecule has 2 aromatic rings. The number of nitrogens with two attached hydrogens (primary N) is 1. The van der Waals surface area contributed by atoms with E-state index in [0.29, 0.717) is 11.4 Å². The van der Waals surface area contributed by atoms with Crippen LogP contribution in [0.4, 0.5) is 5.69 Å². The van der Waals surface area contributed by atoms with Gasteiger partial charge >= 0.3 is 0 Å². The molecule has 2 heterocycles. The van der Waals surface area contributed by atoms with Crippen LogP contribution in [-0.2, 0) is 0 Å². The zero-order chi connectivity index (χ0) is 13.3. The van der Waals surface area contributed by atoms with Crippen molar-refractivity contribution in [3.63, 3.8) is 0 Å². The van der Waals surface area contributed by atoms with Crippen LogP contribution in [0.15, 0.2) is 17.5 Å². The third kappa shape index (κ3) is 2.11. The molecule has 0 bridgehead atoms. The number of rotatable bonds is 3. The Bertz CT molecular complexity index is 546. The SMILES string of the molecule is Cc1[nH]nc(C(=O)N(C)C(C)c2cccs2)c1N. The third-order valence-electron chi connectivity index (χ3n) is 3.05. The van der Waals surface area contributed by atoms with Gasteiger partial charge in [0.25, 0.3) is 5.91 Å². The molecule has 3 N–H and O–H groups in total. The molecule has 2 rings (SSSR count). The van der Waals surface area contributed by atoms with Gasteiger partial charge in [0, 0.05) is 11.9 Å². The molecule has 0 aliphatic heterocycles. The van der Waals surface area contributed by atoms with Crippen LogP contribution in [0.1, 0.15) is 34.0 Å². The predicted octanol–water partition coefficient (Wildman–Crippen LogP) is 2.20. The molecule has 0 saturated carbocycles. The van der Waals surface area contributed by atoms with Crippen LogP contribution in [0, 0.1) is 6.92 Å². The standard InChI is InChI=1S/C12H16N4OS/c1-7-10(13)11(15-14-7)12(17)16(3)8(2)9-5-4-6-18-9/h4-6,8H,13H2,1-3H3,(H,14,15). The Kier molecular flexibility index (Phi) is 3.38. The van der Waals surface area contributed by atoms with E-state index in [2.05, 4.69) is 10.2 Å². The number of nitrogen functional groups attached to an aromatic ring is 1. The lowest BCUT2D eigenvalue weighted by molar-refractivity contribution is 0.0740. The summed E-state index contributed by atoms with van der Waals surface area (Å²) in [5, 5.41) is 8.69. The van der Waals surface area contributed by atoms with Gasteiger partial charge in [0.2, 0.25) is 0 Å². The fourth-order valence-electron chi connectivity index (χ4n) is 1.66. The molecule has 1 amide bonds. The molecule has 0 saturated heterocycles. The monoisotopic (exact) mass is 264 g/mol. The van der Waals surface area contributed by atoms with Crippen LogP contribution in [0.5, 0.6) is 0 Å². The summed E-state index contributed by atoms with van der Waals surface area (Å²) >= 11 is 1.63. The van der Waals surface area contributed by atoms with E-state index in [1.54, 1.807) is 30.2 Å². The number of carbonyl (C=O) groups is 1. The summed E-state index contributed by atoms with van der Waals surface area (Å²) < 4.78 is 0. The number of aryl methyl sites for hydroxylation is 1. The number of carbonyl (C=O) groups excluding carboxylic acids is 1. The minimum atomic E-state index is -0.169. The molecular weight excluding hydrogens is 248 g/mol. The van der Waals surface area contributed by atoms with Gasteiger partial charge in [0.05, 0.1) is 17.4 Å². The summed E-state index contributed by atoms with van der Waals surface area (Å²) in [6.07, 6.45) is 0. The number of nitrogens with zero attached hydrogens (tertiary/aromatic N) is 2. The minimum absolute atomic E-state index is 0.00825. The Morgan fingerprint density at radius 1 is 1.61 bits per heavy atom. The molecule has 1 atom stereocenters. The Morgan fingerprint density at radius 2 is 2.33 bits per heavy atom. The van der Waals surface area contributed by atoms with Gasteiger partial charge in [-0.15, -0.1) is 11.3 Å². The van der Waals surface area contributed by atoms with Crippen molar-refractivity contribution in [3.05, 3.63) is 33.8 Å². The number of nitrogens with one attached hydrogen (secondary N) is 1. The van der Waals surface area contributed by atoms with Crippen molar-refractivity contribution in [2.24, 2.45) is 0 Å². The van der Waals surface area contributed by atoms with Gasteiger partial charge in [-0.2, -0.15) is 5.10 Å². The van der Waals surface area contributed by atoms with E-state index in [0.717, 1.165) is 10.6 Å².